The molecule has 0 spiro atoms. The number of nitrogens with zero attached hydrogens (tertiary/aromatic N) is 3. The summed E-state index contributed by atoms with van der Waals surface area (Å²) in [6, 6.07) is 0. The first-order valence-electron chi connectivity index (χ1n) is 4.12. The summed E-state index contributed by atoms with van der Waals surface area (Å²) in [4.78, 5) is 13.4. The Morgan fingerprint density at radius 3 is 3.00 bits per heavy atom. The van der Waals surface area contributed by atoms with Crippen LogP contribution in [-0.2, 0) is 16.0 Å². The first-order valence-corrected chi connectivity index (χ1v) is 4.50. The van der Waals surface area contributed by atoms with Gasteiger partial charge in [-0.1, -0.05) is 0 Å². The number of epoxide rings is 1. The van der Waals surface area contributed by atoms with Crippen LogP contribution in [0.3, 0.4) is 0 Å². The highest BCUT2D eigenvalue weighted by Gasteiger charge is 2.46. The van der Waals surface area contributed by atoms with Crippen LogP contribution in [0.15, 0.2) is 6.20 Å². The standard InChI is InChI=1S/C7H8ClN3O4/c1-14-7(4-15-7)3-10-2-5(11(12)13)9-6(10)8/h2H,3-4H2,1H3/t7-/m1/s1. The Bertz CT molecular complexity index is 401. The maximum atomic E-state index is 10.4. The highest BCUT2D eigenvalue weighted by Crippen LogP contribution is 2.31. The molecule has 0 radical (unpaired) electrons. The van der Waals surface area contributed by atoms with E-state index in [-0.39, 0.29) is 11.1 Å². The van der Waals surface area contributed by atoms with E-state index in [9.17, 15) is 10.1 Å². The molecule has 0 bridgehead atoms. The second kappa shape index (κ2) is 3.44. The van der Waals surface area contributed by atoms with Gasteiger partial charge < -0.3 is 19.6 Å². The molecule has 82 valence electrons. The quantitative estimate of drug-likeness (QED) is 0.437. The fourth-order valence-corrected chi connectivity index (χ4v) is 1.39. The zero-order valence-corrected chi connectivity index (χ0v) is 8.60. The molecule has 0 amide bonds. The molecule has 0 unspecified atom stereocenters. The van der Waals surface area contributed by atoms with Gasteiger partial charge in [0.1, 0.15) is 12.8 Å². The van der Waals surface area contributed by atoms with Crippen molar-refractivity contribution in [3.8, 4) is 0 Å². The molecule has 7 nitrogen and oxygen atoms in total. The van der Waals surface area contributed by atoms with E-state index in [0.29, 0.717) is 13.2 Å². The van der Waals surface area contributed by atoms with Gasteiger partial charge in [0.05, 0.1) is 6.54 Å². The maximum absolute atomic E-state index is 10.4. The van der Waals surface area contributed by atoms with Crippen molar-refractivity contribution >= 4 is 17.4 Å². The molecular weight excluding hydrogens is 226 g/mol. The molecule has 8 heteroatoms. The zero-order chi connectivity index (χ0) is 11.1. The van der Waals surface area contributed by atoms with Crippen molar-refractivity contribution in [2.75, 3.05) is 13.7 Å². The Morgan fingerprint density at radius 2 is 2.60 bits per heavy atom. The molecule has 0 aliphatic carbocycles. The molecule has 1 aliphatic rings. The average molecular weight is 234 g/mol. The summed E-state index contributed by atoms with van der Waals surface area (Å²) in [5, 5.41) is 10.5. The second-order valence-electron chi connectivity index (χ2n) is 3.16. The molecule has 1 aromatic rings. The Balaban J connectivity index is 2.18. The Kier molecular flexibility index (Phi) is 2.37. The summed E-state index contributed by atoms with van der Waals surface area (Å²) in [5.74, 6) is -0.981. The van der Waals surface area contributed by atoms with Gasteiger partial charge in [0.25, 0.3) is 0 Å². The number of nitro groups is 1. The zero-order valence-electron chi connectivity index (χ0n) is 7.84. The van der Waals surface area contributed by atoms with E-state index in [1.807, 2.05) is 0 Å². The van der Waals surface area contributed by atoms with Gasteiger partial charge in [-0.05, 0) is 21.5 Å². The second-order valence-corrected chi connectivity index (χ2v) is 3.49. The Labute approximate surface area is 89.7 Å². The van der Waals surface area contributed by atoms with Crippen LogP contribution in [0.4, 0.5) is 5.82 Å². The van der Waals surface area contributed by atoms with Crippen LogP contribution in [-0.4, -0.2) is 34.0 Å². The number of hydrogen-bond donors (Lipinski definition) is 0. The van der Waals surface area contributed by atoms with E-state index >= 15 is 0 Å². The third kappa shape index (κ3) is 1.94. The lowest BCUT2D eigenvalue weighted by Gasteiger charge is -2.08. The van der Waals surface area contributed by atoms with Crippen molar-refractivity contribution in [2.45, 2.75) is 12.3 Å². The minimum atomic E-state index is -0.696. The summed E-state index contributed by atoms with van der Waals surface area (Å²) < 4.78 is 11.6. The van der Waals surface area contributed by atoms with Gasteiger partial charge in [-0.25, -0.2) is 0 Å². The van der Waals surface area contributed by atoms with Crippen LogP contribution in [0.2, 0.25) is 5.28 Å². The van der Waals surface area contributed by atoms with Crippen molar-refractivity contribution in [3.63, 3.8) is 0 Å². The van der Waals surface area contributed by atoms with Crippen molar-refractivity contribution in [3.05, 3.63) is 21.6 Å². The molecule has 0 N–H and O–H groups in total. The number of ether oxygens (including phenoxy) is 2. The number of rotatable bonds is 4. The summed E-state index contributed by atoms with van der Waals surface area (Å²) >= 11 is 5.72. The fraction of sp³-hybridized carbons (Fsp3) is 0.571. The number of imidazole rings is 1. The van der Waals surface area contributed by atoms with Crippen molar-refractivity contribution in [1.29, 1.82) is 0 Å². The largest absolute Gasteiger partial charge is 0.383 e. The smallest absolute Gasteiger partial charge is 0.358 e. The van der Waals surface area contributed by atoms with E-state index in [0.717, 1.165) is 0 Å². The van der Waals surface area contributed by atoms with Gasteiger partial charge in [-0.3, -0.25) is 4.57 Å². The SMILES string of the molecule is CO[C@@]1(Cn2cc([N+](=O)[O-])nc2Cl)CO1. The minimum Gasteiger partial charge on any atom is -0.358 e. The third-order valence-corrected chi connectivity index (χ3v) is 2.45. The normalized spacial score (nSPS) is 24.1. The molecule has 0 aromatic carbocycles. The monoisotopic (exact) mass is 233 g/mol. The van der Waals surface area contributed by atoms with Crippen LogP contribution in [0, 0.1) is 10.1 Å². The topological polar surface area (TPSA) is 82.7 Å². The van der Waals surface area contributed by atoms with E-state index in [4.69, 9.17) is 21.1 Å². The van der Waals surface area contributed by atoms with Crippen molar-refractivity contribution in [1.82, 2.24) is 9.55 Å². The molecule has 1 aliphatic heterocycles. The molecule has 2 rings (SSSR count). The van der Waals surface area contributed by atoms with Crippen LogP contribution in [0.1, 0.15) is 0 Å². The van der Waals surface area contributed by atoms with Gasteiger partial charge >= 0.3 is 11.1 Å². The van der Waals surface area contributed by atoms with Crippen LogP contribution >= 0.6 is 11.6 Å². The first kappa shape index (κ1) is 10.3. The Morgan fingerprint density at radius 1 is 1.93 bits per heavy atom. The van der Waals surface area contributed by atoms with Crippen molar-refractivity contribution < 1.29 is 14.4 Å². The summed E-state index contributed by atoms with van der Waals surface area (Å²) in [6.45, 7) is 0.745. The van der Waals surface area contributed by atoms with Crippen LogP contribution < -0.4 is 0 Å². The van der Waals surface area contributed by atoms with Gasteiger partial charge in [-0.15, -0.1) is 0 Å². The number of aromatic nitrogens is 2. The average Bonchev–Trinajstić information content (AvgIpc) is 2.87. The third-order valence-electron chi connectivity index (χ3n) is 2.15. The van der Waals surface area contributed by atoms with E-state index in [1.165, 1.54) is 17.9 Å². The van der Waals surface area contributed by atoms with Crippen LogP contribution in [0.5, 0.6) is 0 Å². The molecule has 15 heavy (non-hydrogen) atoms. The Hall–Kier alpha value is -1.18. The lowest BCUT2D eigenvalue weighted by atomic mass is 10.4. The van der Waals surface area contributed by atoms with Gasteiger partial charge in [0.15, 0.2) is 0 Å². The molecule has 1 atom stereocenters. The number of hydrogen-bond acceptors (Lipinski definition) is 5. The summed E-state index contributed by atoms with van der Waals surface area (Å²) in [5.41, 5.74) is 0. The maximum Gasteiger partial charge on any atom is 0.383 e. The predicted molar refractivity (Wildman–Crippen MR) is 49.6 cm³/mol. The minimum absolute atomic E-state index is 0.0497. The molecule has 1 saturated heterocycles. The fourth-order valence-electron chi connectivity index (χ4n) is 1.19. The predicted octanol–water partition coefficient (Wildman–Crippen LogP) is 0.818. The lowest BCUT2D eigenvalue weighted by Crippen LogP contribution is -2.21. The van der Waals surface area contributed by atoms with Crippen molar-refractivity contribution in [2.24, 2.45) is 0 Å². The highest BCUT2D eigenvalue weighted by atomic mass is 35.5. The van der Waals surface area contributed by atoms with Gasteiger partial charge in [0, 0.05) is 7.11 Å². The van der Waals surface area contributed by atoms with Gasteiger partial charge in [-0.2, -0.15) is 0 Å². The number of methoxy groups -OCH3 is 1. The molecular formula is C7H8ClN3O4. The van der Waals surface area contributed by atoms with E-state index in [2.05, 4.69) is 4.98 Å². The van der Waals surface area contributed by atoms with Crippen LogP contribution in [0.25, 0.3) is 0 Å². The molecule has 2 heterocycles. The highest BCUT2D eigenvalue weighted by molar-refractivity contribution is 6.28. The molecule has 1 aromatic heterocycles. The van der Waals surface area contributed by atoms with E-state index in [1.54, 1.807) is 0 Å². The molecule has 0 saturated carbocycles. The first-order chi connectivity index (χ1) is 7.06. The molecule has 1 fully saturated rings. The number of halogens is 1. The lowest BCUT2D eigenvalue weighted by molar-refractivity contribution is -0.389. The summed E-state index contributed by atoms with van der Waals surface area (Å²) in [6.07, 6.45) is 1.25. The summed E-state index contributed by atoms with van der Waals surface area (Å²) in [7, 11) is 1.51. The van der Waals surface area contributed by atoms with Gasteiger partial charge in [0.2, 0.25) is 5.79 Å². The van der Waals surface area contributed by atoms with E-state index < -0.39 is 10.7 Å².